The maximum Gasteiger partial charge on any atom is 0.254 e. The monoisotopic (exact) mass is 382 g/mol. The number of likely N-dealkylation sites (tertiary alicyclic amines) is 2. The van der Waals surface area contributed by atoms with E-state index in [9.17, 15) is 14.3 Å². The van der Waals surface area contributed by atoms with Gasteiger partial charge in [0.25, 0.3) is 5.91 Å². The largest absolute Gasteiger partial charge is 0.507 e. The lowest BCUT2D eigenvalue weighted by Gasteiger charge is -2.38. The Morgan fingerprint density at radius 3 is 2.43 bits per heavy atom. The minimum Gasteiger partial charge on any atom is -0.507 e. The Morgan fingerprint density at radius 1 is 1.00 bits per heavy atom. The lowest BCUT2D eigenvalue weighted by molar-refractivity contribution is 0.0560. The molecule has 0 radical (unpaired) electrons. The summed E-state index contributed by atoms with van der Waals surface area (Å²) in [6.07, 6.45) is 5.84. The second kappa shape index (κ2) is 8.31. The topological polar surface area (TPSA) is 43.8 Å². The van der Waals surface area contributed by atoms with Gasteiger partial charge in [0, 0.05) is 36.3 Å². The first kappa shape index (κ1) is 18.9. The number of carbonyl (C=O) groups excluding carboxylic acids is 1. The molecule has 0 unspecified atom stereocenters. The van der Waals surface area contributed by atoms with Crippen LogP contribution < -0.4 is 0 Å². The zero-order valence-corrected chi connectivity index (χ0v) is 16.1. The summed E-state index contributed by atoms with van der Waals surface area (Å²) >= 11 is 0. The van der Waals surface area contributed by atoms with Crippen molar-refractivity contribution in [3.63, 3.8) is 0 Å². The number of phenolic OH excluding ortho intramolecular Hbond substituents is 1. The summed E-state index contributed by atoms with van der Waals surface area (Å²) in [6.45, 7) is 4.09. The van der Waals surface area contributed by atoms with Crippen LogP contribution in [0, 0.1) is 5.82 Å². The summed E-state index contributed by atoms with van der Waals surface area (Å²) in [5.41, 5.74) is 1.99. The molecule has 2 aromatic carbocycles. The zero-order valence-electron chi connectivity index (χ0n) is 16.1. The number of rotatable bonds is 4. The Kier molecular flexibility index (Phi) is 5.62. The van der Waals surface area contributed by atoms with Gasteiger partial charge in [-0.25, -0.2) is 4.39 Å². The maximum atomic E-state index is 13.2. The number of hydrogen-bond acceptors (Lipinski definition) is 3. The van der Waals surface area contributed by atoms with Crippen LogP contribution in [0.1, 0.15) is 42.5 Å². The fraction of sp³-hybridized carbons (Fsp3) is 0.435. The summed E-state index contributed by atoms with van der Waals surface area (Å²) < 4.78 is 13.2. The van der Waals surface area contributed by atoms with Crippen LogP contribution >= 0.6 is 0 Å². The molecular weight excluding hydrogens is 355 g/mol. The Hall–Kier alpha value is -2.40. The fourth-order valence-electron chi connectivity index (χ4n) is 4.43. The van der Waals surface area contributed by atoms with Crippen LogP contribution in [0.2, 0.25) is 0 Å². The first-order valence-corrected chi connectivity index (χ1v) is 10.2. The highest BCUT2D eigenvalue weighted by Gasteiger charge is 2.29. The van der Waals surface area contributed by atoms with E-state index in [0.29, 0.717) is 17.2 Å². The Balaban J connectivity index is 1.50. The summed E-state index contributed by atoms with van der Waals surface area (Å²) in [6, 6.07) is 11.5. The Bertz CT molecular complexity index is 831. The van der Waals surface area contributed by atoms with Gasteiger partial charge in [0.05, 0.1) is 0 Å². The second-order valence-electron chi connectivity index (χ2n) is 7.89. The molecule has 2 heterocycles. The molecule has 2 saturated heterocycles. The molecule has 5 heteroatoms. The van der Waals surface area contributed by atoms with Gasteiger partial charge in [-0.1, -0.05) is 12.1 Å². The number of piperidine rings is 1. The van der Waals surface area contributed by atoms with E-state index in [-0.39, 0.29) is 11.7 Å². The first-order chi connectivity index (χ1) is 13.6. The highest BCUT2D eigenvalue weighted by molar-refractivity contribution is 5.95. The molecule has 0 bridgehead atoms. The van der Waals surface area contributed by atoms with Gasteiger partial charge in [-0.05, 0) is 75.0 Å². The Labute approximate surface area is 165 Å². The van der Waals surface area contributed by atoms with Crippen molar-refractivity contribution in [3.05, 3.63) is 53.8 Å². The van der Waals surface area contributed by atoms with E-state index in [0.717, 1.165) is 50.7 Å². The predicted octanol–water partition coefficient (Wildman–Crippen LogP) is 4.29. The van der Waals surface area contributed by atoms with E-state index in [1.165, 1.54) is 25.3 Å². The van der Waals surface area contributed by atoms with E-state index in [1.54, 1.807) is 6.07 Å². The van der Waals surface area contributed by atoms with E-state index in [1.807, 2.05) is 29.2 Å². The molecule has 0 aliphatic carbocycles. The van der Waals surface area contributed by atoms with Gasteiger partial charge in [0.15, 0.2) is 0 Å². The number of amides is 1. The molecule has 2 fully saturated rings. The smallest absolute Gasteiger partial charge is 0.254 e. The van der Waals surface area contributed by atoms with Crippen molar-refractivity contribution < 1.29 is 14.3 Å². The third-order valence-corrected chi connectivity index (χ3v) is 5.96. The first-order valence-electron chi connectivity index (χ1n) is 10.2. The third-order valence-electron chi connectivity index (χ3n) is 5.96. The van der Waals surface area contributed by atoms with Crippen LogP contribution in [0.25, 0.3) is 11.1 Å². The summed E-state index contributed by atoms with van der Waals surface area (Å²) in [7, 11) is 0. The van der Waals surface area contributed by atoms with E-state index < -0.39 is 5.82 Å². The van der Waals surface area contributed by atoms with Crippen molar-refractivity contribution >= 4 is 5.91 Å². The van der Waals surface area contributed by atoms with Crippen molar-refractivity contribution in [2.24, 2.45) is 0 Å². The van der Waals surface area contributed by atoms with Gasteiger partial charge in [-0.3, -0.25) is 4.79 Å². The molecule has 1 N–H and O–H groups in total. The second-order valence-corrected chi connectivity index (χ2v) is 7.89. The van der Waals surface area contributed by atoms with Crippen LogP contribution in [-0.2, 0) is 0 Å². The van der Waals surface area contributed by atoms with Crippen LogP contribution in [0.5, 0.6) is 5.75 Å². The van der Waals surface area contributed by atoms with Crippen molar-refractivity contribution in [2.75, 3.05) is 26.2 Å². The molecule has 4 rings (SSSR count). The van der Waals surface area contributed by atoms with Crippen LogP contribution in [0.4, 0.5) is 4.39 Å². The standard InChI is InChI=1S/C23H27FN2O2/c24-19-10-11-21(22(27)15-19)17-6-8-18(9-7-17)23(28)26-14-2-1-5-20(26)16-25-12-3-4-13-25/h6-11,15,20,27H,1-5,12-14,16H2/t20-/m0/s1. The van der Waals surface area contributed by atoms with Gasteiger partial charge >= 0.3 is 0 Å². The van der Waals surface area contributed by atoms with E-state index in [4.69, 9.17) is 0 Å². The minimum atomic E-state index is -0.470. The minimum absolute atomic E-state index is 0.0822. The fourth-order valence-corrected chi connectivity index (χ4v) is 4.43. The van der Waals surface area contributed by atoms with Crippen LogP contribution in [0.3, 0.4) is 0 Å². The van der Waals surface area contributed by atoms with Crippen molar-refractivity contribution in [1.29, 1.82) is 0 Å². The van der Waals surface area contributed by atoms with Gasteiger partial charge in [-0.15, -0.1) is 0 Å². The number of nitrogens with zero attached hydrogens (tertiary/aromatic N) is 2. The summed E-state index contributed by atoms with van der Waals surface area (Å²) in [5.74, 6) is -0.484. The molecule has 1 atom stereocenters. The molecule has 4 nitrogen and oxygen atoms in total. The molecule has 0 spiro atoms. The normalized spacial score (nSPS) is 20.5. The number of hydrogen-bond donors (Lipinski definition) is 1. The van der Waals surface area contributed by atoms with Crippen molar-refractivity contribution in [2.45, 2.75) is 38.1 Å². The predicted molar refractivity (Wildman–Crippen MR) is 108 cm³/mol. The molecule has 148 valence electrons. The van der Waals surface area contributed by atoms with Crippen molar-refractivity contribution in [1.82, 2.24) is 9.80 Å². The molecule has 28 heavy (non-hydrogen) atoms. The lowest BCUT2D eigenvalue weighted by atomic mass is 9.99. The number of aromatic hydroxyl groups is 1. The third kappa shape index (κ3) is 4.04. The Morgan fingerprint density at radius 2 is 1.71 bits per heavy atom. The SMILES string of the molecule is O=C(c1ccc(-c2ccc(F)cc2O)cc1)N1CCCC[C@H]1CN1CCCC1. The molecule has 0 saturated carbocycles. The van der Waals surface area contributed by atoms with Gasteiger partial charge in [0.2, 0.25) is 0 Å². The van der Waals surface area contributed by atoms with Crippen molar-refractivity contribution in [3.8, 4) is 16.9 Å². The average Bonchev–Trinajstić information content (AvgIpc) is 3.21. The van der Waals surface area contributed by atoms with E-state index in [2.05, 4.69) is 4.90 Å². The summed E-state index contributed by atoms with van der Waals surface area (Å²) in [5, 5.41) is 9.98. The van der Waals surface area contributed by atoms with Crippen LogP contribution in [-0.4, -0.2) is 53.0 Å². The van der Waals surface area contributed by atoms with Crippen LogP contribution in [0.15, 0.2) is 42.5 Å². The quantitative estimate of drug-likeness (QED) is 0.858. The van der Waals surface area contributed by atoms with E-state index >= 15 is 0 Å². The average molecular weight is 382 g/mol. The molecule has 2 aliphatic rings. The molecule has 0 aromatic heterocycles. The van der Waals surface area contributed by atoms with Gasteiger partial charge in [0.1, 0.15) is 11.6 Å². The summed E-state index contributed by atoms with van der Waals surface area (Å²) in [4.78, 5) is 17.7. The molecule has 2 aromatic rings. The molecule has 2 aliphatic heterocycles. The zero-order chi connectivity index (χ0) is 19.5. The van der Waals surface area contributed by atoms with Gasteiger partial charge in [-0.2, -0.15) is 0 Å². The maximum absolute atomic E-state index is 13.2. The highest BCUT2D eigenvalue weighted by Crippen LogP contribution is 2.30. The number of carbonyl (C=O) groups is 1. The lowest BCUT2D eigenvalue weighted by Crippen LogP contribution is -2.49. The number of benzene rings is 2. The number of halogens is 1. The van der Waals surface area contributed by atoms with Gasteiger partial charge < -0.3 is 14.9 Å². The highest BCUT2D eigenvalue weighted by atomic mass is 19.1. The molecule has 1 amide bonds. The number of phenols is 1. The molecular formula is C23H27FN2O2.